The van der Waals surface area contributed by atoms with E-state index in [-0.39, 0.29) is 24.3 Å². The van der Waals surface area contributed by atoms with E-state index in [4.69, 9.17) is 4.74 Å². The number of esters is 1. The van der Waals surface area contributed by atoms with Crippen molar-refractivity contribution < 1.29 is 23.9 Å². The maximum Gasteiger partial charge on any atom is 0.326 e. The van der Waals surface area contributed by atoms with Crippen molar-refractivity contribution in [3.63, 3.8) is 0 Å². The molecule has 1 heterocycles. The van der Waals surface area contributed by atoms with Gasteiger partial charge in [-0.3, -0.25) is 19.3 Å². The predicted molar refractivity (Wildman–Crippen MR) is 89.5 cm³/mol. The quantitative estimate of drug-likeness (QED) is 0.565. The number of nitrogens with one attached hydrogen (secondary N) is 1. The largest absolute Gasteiger partial charge is 0.454 e. The average molecular weight is 353 g/mol. The lowest BCUT2D eigenvalue weighted by atomic mass is 9.73. The first-order valence-electron chi connectivity index (χ1n) is 8.93. The van der Waals surface area contributed by atoms with E-state index in [0.29, 0.717) is 19.5 Å². The number of imide groups is 1. The Morgan fingerprint density at radius 1 is 1.28 bits per heavy atom. The van der Waals surface area contributed by atoms with E-state index in [1.807, 2.05) is 20.8 Å². The molecule has 1 saturated heterocycles. The number of rotatable bonds is 6. The molecule has 1 N–H and O–H groups in total. The Kier molecular flexibility index (Phi) is 6.02. The Bertz CT molecular complexity index is 560. The van der Waals surface area contributed by atoms with Crippen LogP contribution in [0, 0.1) is 5.92 Å². The highest BCUT2D eigenvalue weighted by molar-refractivity contribution is 6.09. The standard InChI is InChI=1S/C17H27N3O5/c1-4-19(5-2)13(21)11-25-14(22)10-20-15(23)17(18-16(20)24)9-7-6-8-12(17)3/h12H,4-11H2,1-3H3,(H,18,24)/t12-,17+/m1/s1. The number of carbonyl (C=O) groups is 4. The van der Waals surface area contributed by atoms with Gasteiger partial charge in [0.2, 0.25) is 0 Å². The minimum absolute atomic E-state index is 0.0305. The lowest BCUT2D eigenvalue weighted by Crippen LogP contribution is -2.54. The van der Waals surface area contributed by atoms with Crippen LogP contribution < -0.4 is 5.32 Å². The molecule has 1 saturated carbocycles. The minimum Gasteiger partial charge on any atom is -0.454 e. The zero-order valence-electron chi connectivity index (χ0n) is 15.2. The maximum atomic E-state index is 12.7. The highest BCUT2D eigenvalue weighted by atomic mass is 16.5. The number of carbonyl (C=O) groups excluding carboxylic acids is 4. The number of nitrogens with zero attached hydrogens (tertiary/aromatic N) is 2. The average Bonchev–Trinajstić information content (AvgIpc) is 2.82. The third-order valence-electron chi connectivity index (χ3n) is 5.26. The fraction of sp³-hybridized carbons (Fsp3) is 0.765. The van der Waals surface area contributed by atoms with Gasteiger partial charge in [0.25, 0.3) is 11.8 Å². The molecule has 25 heavy (non-hydrogen) atoms. The molecule has 1 aliphatic carbocycles. The summed E-state index contributed by atoms with van der Waals surface area (Å²) in [5.41, 5.74) is -0.896. The van der Waals surface area contributed by atoms with Gasteiger partial charge in [0.05, 0.1) is 0 Å². The van der Waals surface area contributed by atoms with Crippen molar-refractivity contribution in [2.75, 3.05) is 26.2 Å². The summed E-state index contributed by atoms with van der Waals surface area (Å²) in [6.45, 7) is 5.82. The molecule has 2 fully saturated rings. The molecule has 0 aromatic heterocycles. The van der Waals surface area contributed by atoms with Crippen LogP contribution in [0.25, 0.3) is 0 Å². The van der Waals surface area contributed by atoms with Crippen LogP contribution in [0.2, 0.25) is 0 Å². The van der Waals surface area contributed by atoms with Gasteiger partial charge in [-0.15, -0.1) is 0 Å². The molecule has 1 aliphatic heterocycles. The minimum atomic E-state index is -0.896. The summed E-state index contributed by atoms with van der Waals surface area (Å²) in [4.78, 5) is 51.2. The molecule has 4 amide bonds. The molecule has 2 rings (SSSR count). The number of likely N-dealkylation sites (N-methyl/N-ethyl adjacent to an activating group) is 1. The van der Waals surface area contributed by atoms with Gasteiger partial charge in [-0.2, -0.15) is 0 Å². The topological polar surface area (TPSA) is 96.0 Å². The summed E-state index contributed by atoms with van der Waals surface area (Å²) in [5, 5.41) is 2.78. The number of urea groups is 1. The van der Waals surface area contributed by atoms with E-state index >= 15 is 0 Å². The lowest BCUT2D eigenvalue weighted by molar-refractivity contribution is -0.154. The first kappa shape index (κ1) is 19.2. The lowest BCUT2D eigenvalue weighted by Gasteiger charge is -2.36. The molecule has 0 aromatic rings. The van der Waals surface area contributed by atoms with E-state index in [1.54, 1.807) is 4.90 Å². The Hall–Kier alpha value is -2.12. The van der Waals surface area contributed by atoms with Crippen LogP contribution in [0.1, 0.15) is 46.5 Å². The molecule has 0 aromatic carbocycles. The Morgan fingerprint density at radius 3 is 2.56 bits per heavy atom. The third kappa shape index (κ3) is 3.77. The van der Waals surface area contributed by atoms with Gasteiger partial charge in [-0.25, -0.2) is 4.79 Å². The number of amides is 4. The molecule has 140 valence electrons. The van der Waals surface area contributed by atoms with Crippen molar-refractivity contribution in [1.82, 2.24) is 15.1 Å². The maximum absolute atomic E-state index is 12.7. The van der Waals surface area contributed by atoms with Crippen LogP contribution in [-0.2, 0) is 19.1 Å². The number of hydrogen-bond acceptors (Lipinski definition) is 5. The van der Waals surface area contributed by atoms with Crippen LogP contribution in [0.15, 0.2) is 0 Å². The van der Waals surface area contributed by atoms with Gasteiger partial charge in [0, 0.05) is 13.1 Å². The molecule has 0 radical (unpaired) electrons. The van der Waals surface area contributed by atoms with Gasteiger partial charge in [0.15, 0.2) is 6.61 Å². The molecular formula is C17H27N3O5. The second-order valence-corrected chi connectivity index (χ2v) is 6.67. The van der Waals surface area contributed by atoms with E-state index in [0.717, 1.165) is 24.2 Å². The summed E-state index contributed by atoms with van der Waals surface area (Å²) in [6, 6.07) is -0.564. The van der Waals surface area contributed by atoms with Gasteiger partial charge < -0.3 is 15.0 Å². The molecular weight excluding hydrogens is 326 g/mol. The van der Waals surface area contributed by atoms with Gasteiger partial charge in [-0.05, 0) is 32.6 Å². The summed E-state index contributed by atoms with van der Waals surface area (Å²) >= 11 is 0. The molecule has 1 spiro atoms. The van der Waals surface area contributed by atoms with Crippen molar-refractivity contribution in [3.05, 3.63) is 0 Å². The fourth-order valence-corrected chi connectivity index (χ4v) is 3.62. The van der Waals surface area contributed by atoms with Crippen LogP contribution in [-0.4, -0.2) is 65.4 Å². The van der Waals surface area contributed by atoms with E-state index in [2.05, 4.69) is 5.32 Å². The smallest absolute Gasteiger partial charge is 0.326 e. The zero-order chi connectivity index (χ0) is 18.6. The molecule has 2 aliphatic rings. The van der Waals surface area contributed by atoms with Crippen molar-refractivity contribution in [3.8, 4) is 0 Å². The van der Waals surface area contributed by atoms with Crippen LogP contribution in [0.3, 0.4) is 0 Å². The molecule has 8 nitrogen and oxygen atoms in total. The van der Waals surface area contributed by atoms with Crippen molar-refractivity contribution in [2.24, 2.45) is 5.92 Å². The summed E-state index contributed by atoms with van der Waals surface area (Å²) < 4.78 is 4.95. The van der Waals surface area contributed by atoms with Gasteiger partial charge in [-0.1, -0.05) is 19.8 Å². The van der Waals surface area contributed by atoms with E-state index in [9.17, 15) is 19.2 Å². The summed E-state index contributed by atoms with van der Waals surface area (Å²) in [5.74, 6) is -1.39. The first-order chi connectivity index (χ1) is 11.9. The fourth-order valence-electron chi connectivity index (χ4n) is 3.62. The Labute approximate surface area is 147 Å². The Morgan fingerprint density at radius 2 is 1.96 bits per heavy atom. The van der Waals surface area contributed by atoms with E-state index < -0.39 is 24.1 Å². The van der Waals surface area contributed by atoms with E-state index in [1.165, 1.54) is 0 Å². The SMILES string of the molecule is CCN(CC)C(=O)COC(=O)CN1C(=O)N[C@]2(CCCC[C@H]2C)C1=O. The van der Waals surface area contributed by atoms with Crippen molar-refractivity contribution in [2.45, 2.75) is 52.0 Å². The molecule has 0 unspecified atom stereocenters. The van der Waals surface area contributed by atoms with Gasteiger partial charge >= 0.3 is 12.0 Å². The monoisotopic (exact) mass is 353 g/mol. The molecule has 0 bridgehead atoms. The van der Waals surface area contributed by atoms with Crippen LogP contribution >= 0.6 is 0 Å². The number of hydrogen-bond donors (Lipinski definition) is 1. The van der Waals surface area contributed by atoms with Crippen LogP contribution in [0.5, 0.6) is 0 Å². The normalized spacial score (nSPS) is 25.9. The highest BCUT2D eigenvalue weighted by Gasteiger charge is 2.55. The highest BCUT2D eigenvalue weighted by Crippen LogP contribution is 2.38. The second kappa shape index (κ2) is 7.84. The third-order valence-corrected chi connectivity index (χ3v) is 5.26. The molecule has 8 heteroatoms. The number of ether oxygens (including phenoxy) is 1. The first-order valence-corrected chi connectivity index (χ1v) is 8.93. The Balaban J connectivity index is 1.94. The predicted octanol–water partition coefficient (Wildman–Crippen LogP) is 0.899. The summed E-state index contributed by atoms with van der Waals surface area (Å²) in [7, 11) is 0. The van der Waals surface area contributed by atoms with Gasteiger partial charge in [0.1, 0.15) is 12.1 Å². The van der Waals surface area contributed by atoms with Crippen LogP contribution in [0.4, 0.5) is 4.79 Å². The van der Waals surface area contributed by atoms with Crippen molar-refractivity contribution in [1.29, 1.82) is 0 Å². The zero-order valence-corrected chi connectivity index (χ0v) is 15.2. The molecule has 2 atom stereocenters. The summed E-state index contributed by atoms with van der Waals surface area (Å²) in [6.07, 6.45) is 3.35. The van der Waals surface area contributed by atoms with Crippen molar-refractivity contribution >= 4 is 23.8 Å². The second-order valence-electron chi connectivity index (χ2n) is 6.67.